The van der Waals surface area contributed by atoms with Gasteiger partial charge in [-0.2, -0.15) is 0 Å². The normalized spacial score (nSPS) is 15.3. The van der Waals surface area contributed by atoms with Crippen LogP contribution in [0.5, 0.6) is 5.75 Å². The van der Waals surface area contributed by atoms with E-state index in [0.29, 0.717) is 37.5 Å². The van der Waals surface area contributed by atoms with Gasteiger partial charge >= 0.3 is 11.9 Å². The SMILES string of the molecule is CCOC(=O)CBr.CCOC(=O)CN1CCN(c2ccc(C)cc2)CC1.Cc1ccc(N2CCN(CC(=O)Nc3ccc(O)cn3)CC2)cc1.Cc1ccc(N2CCNCC2)cc1. The quantitative estimate of drug-likeness (QED) is 0.122. The first-order valence-corrected chi connectivity index (χ1v) is 23.0. The molecule has 0 saturated carbocycles. The Morgan fingerprint density at radius 1 is 0.603 bits per heavy atom. The summed E-state index contributed by atoms with van der Waals surface area (Å²) in [4.78, 5) is 49.0. The van der Waals surface area contributed by atoms with Crippen molar-refractivity contribution < 1.29 is 29.0 Å². The molecule has 0 spiro atoms. The van der Waals surface area contributed by atoms with Crippen LogP contribution in [-0.2, 0) is 23.9 Å². The van der Waals surface area contributed by atoms with E-state index >= 15 is 0 Å². The number of ether oxygens (including phenoxy) is 2. The maximum atomic E-state index is 12.1. The number of aromatic hydroxyl groups is 1. The monoisotopic (exact) mass is 930 g/mol. The van der Waals surface area contributed by atoms with Crippen LogP contribution in [0.2, 0.25) is 0 Å². The topological polar surface area (TPSA) is 143 Å². The van der Waals surface area contributed by atoms with Crippen LogP contribution in [0.1, 0.15) is 30.5 Å². The number of benzene rings is 3. The number of halogens is 1. The number of rotatable bonds is 11. The Morgan fingerprint density at radius 2 is 1.02 bits per heavy atom. The lowest BCUT2D eigenvalue weighted by molar-refractivity contribution is -0.144. The van der Waals surface area contributed by atoms with Crippen LogP contribution in [0.15, 0.2) is 91.1 Å². The van der Waals surface area contributed by atoms with Crippen molar-refractivity contribution in [1.29, 1.82) is 0 Å². The highest BCUT2D eigenvalue weighted by Gasteiger charge is 2.21. The average molecular weight is 932 g/mol. The molecule has 0 radical (unpaired) electrons. The summed E-state index contributed by atoms with van der Waals surface area (Å²) in [5.41, 5.74) is 7.73. The number of aryl methyl sites for hydroxylation is 3. The number of nitrogens with zero attached hydrogens (tertiary/aromatic N) is 6. The van der Waals surface area contributed by atoms with E-state index in [-0.39, 0.29) is 23.6 Å². The van der Waals surface area contributed by atoms with Gasteiger partial charge in [0.2, 0.25) is 5.91 Å². The molecule has 63 heavy (non-hydrogen) atoms. The number of piperazine rings is 3. The zero-order valence-electron chi connectivity index (χ0n) is 37.7. The van der Waals surface area contributed by atoms with Gasteiger partial charge in [0, 0.05) is 95.6 Å². The Bertz CT molecular complexity index is 1910. The van der Waals surface area contributed by atoms with E-state index in [9.17, 15) is 19.5 Å². The molecule has 3 saturated heterocycles. The summed E-state index contributed by atoms with van der Waals surface area (Å²) in [6.07, 6.45) is 1.32. The minimum Gasteiger partial charge on any atom is -0.506 e. The fourth-order valence-corrected chi connectivity index (χ4v) is 7.11. The molecule has 342 valence electrons. The average Bonchev–Trinajstić information content (AvgIpc) is 3.30. The number of pyridine rings is 1. The van der Waals surface area contributed by atoms with Gasteiger partial charge in [0.15, 0.2) is 0 Å². The molecule has 4 heterocycles. The van der Waals surface area contributed by atoms with E-state index in [2.05, 4.69) is 154 Å². The van der Waals surface area contributed by atoms with Gasteiger partial charge in [-0.15, -0.1) is 0 Å². The lowest BCUT2D eigenvalue weighted by atomic mass is 10.2. The van der Waals surface area contributed by atoms with Gasteiger partial charge in [-0.05, 0) is 83.1 Å². The number of anilines is 4. The Hall–Kier alpha value is -5.22. The second kappa shape index (κ2) is 27.8. The van der Waals surface area contributed by atoms with Gasteiger partial charge in [-0.1, -0.05) is 69.0 Å². The summed E-state index contributed by atoms with van der Waals surface area (Å²) in [6.45, 7) is 23.3. The Labute approximate surface area is 382 Å². The number of hydrogen-bond acceptors (Lipinski definition) is 13. The molecule has 0 aliphatic carbocycles. The van der Waals surface area contributed by atoms with Crippen molar-refractivity contribution in [3.05, 3.63) is 108 Å². The molecule has 3 aromatic carbocycles. The van der Waals surface area contributed by atoms with Gasteiger partial charge in [0.1, 0.15) is 16.9 Å². The highest BCUT2D eigenvalue weighted by Crippen LogP contribution is 2.19. The molecule has 3 N–H and O–H groups in total. The van der Waals surface area contributed by atoms with Crippen LogP contribution in [0.25, 0.3) is 0 Å². The first kappa shape index (κ1) is 50.4. The molecule has 14 nitrogen and oxygen atoms in total. The standard InChI is InChI=1S/C18H22N4O2.C15H22N2O2.C11H16N2.C4H7BrO2/c1-14-2-4-15(5-3-14)22-10-8-21(9-11-22)13-18(24)20-17-7-6-16(23)12-19-17;1-3-19-15(18)12-16-8-10-17(11-9-16)14-6-4-13(2)5-7-14;1-10-2-4-11(5-3-10)13-8-6-12-7-9-13;1-2-7-4(6)3-5/h2-7,12,23H,8-11,13H2,1H3,(H,19,20,24);4-7H,3,8-12H2,1-2H3;2-5,12H,6-9H2,1H3;2-3H2,1H3. The summed E-state index contributed by atoms with van der Waals surface area (Å²) >= 11 is 2.94. The van der Waals surface area contributed by atoms with Crippen molar-refractivity contribution in [2.24, 2.45) is 0 Å². The lowest BCUT2D eigenvalue weighted by Crippen LogP contribution is -2.48. The van der Waals surface area contributed by atoms with Gasteiger partial charge < -0.3 is 39.9 Å². The summed E-state index contributed by atoms with van der Waals surface area (Å²) in [5, 5.41) is 15.6. The summed E-state index contributed by atoms with van der Waals surface area (Å²) in [5.74, 6) is 0.127. The van der Waals surface area contributed by atoms with Crippen LogP contribution in [0, 0.1) is 20.8 Å². The minimum atomic E-state index is -0.206. The summed E-state index contributed by atoms with van der Waals surface area (Å²) < 4.78 is 9.48. The van der Waals surface area contributed by atoms with E-state index < -0.39 is 0 Å². The first-order valence-electron chi connectivity index (χ1n) is 21.9. The number of esters is 2. The highest BCUT2D eigenvalue weighted by atomic mass is 79.9. The van der Waals surface area contributed by atoms with Crippen LogP contribution in [0.4, 0.5) is 22.9 Å². The van der Waals surface area contributed by atoms with Gasteiger partial charge in [-0.25, -0.2) is 4.98 Å². The van der Waals surface area contributed by atoms with Crippen LogP contribution >= 0.6 is 15.9 Å². The van der Waals surface area contributed by atoms with Crippen molar-refractivity contribution in [3.8, 4) is 5.75 Å². The summed E-state index contributed by atoms with van der Waals surface area (Å²) in [7, 11) is 0. The van der Waals surface area contributed by atoms with E-state index in [4.69, 9.17) is 4.74 Å². The third kappa shape index (κ3) is 19.0. The first-order chi connectivity index (χ1) is 30.5. The smallest absolute Gasteiger partial charge is 0.320 e. The zero-order chi connectivity index (χ0) is 45.4. The predicted octanol–water partition coefficient (Wildman–Crippen LogP) is 5.89. The molecule has 0 unspecified atom stereocenters. The molecule has 0 bridgehead atoms. The van der Waals surface area contributed by atoms with Gasteiger partial charge in [-0.3, -0.25) is 24.2 Å². The molecule has 4 aromatic rings. The Balaban J connectivity index is 0.000000199. The van der Waals surface area contributed by atoms with Crippen LogP contribution in [-0.4, -0.2) is 148 Å². The van der Waals surface area contributed by atoms with Gasteiger partial charge in [0.05, 0.1) is 32.5 Å². The number of amides is 1. The molecule has 7 rings (SSSR count). The van der Waals surface area contributed by atoms with Crippen molar-refractivity contribution in [1.82, 2.24) is 20.1 Å². The van der Waals surface area contributed by atoms with Crippen molar-refractivity contribution >= 4 is 56.7 Å². The maximum Gasteiger partial charge on any atom is 0.320 e. The van der Waals surface area contributed by atoms with E-state index in [1.165, 1.54) is 46.0 Å². The van der Waals surface area contributed by atoms with Gasteiger partial charge in [0.25, 0.3) is 0 Å². The zero-order valence-corrected chi connectivity index (χ0v) is 39.3. The molecule has 3 aliphatic rings. The van der Waals surface area contributed by atoms with Crippen molar-refractivity contribution in [2.75, 3.05) is 130 Å². The van der Waals surface area contributed by atoms with Crippen LogP contribution < -0.4 is 25.3 Å². The Morgan fingerprint density at radius 3 is 1.40 bits per heavy atom. The maximum absolute atomic E-state index is 12.1. The molecular formula is C48H67BrN8O6. The van der Waals surface area contributed by atoms with Crippen molar-refractivity contribution in [2.45, 2.75) is 34.6 Å². The molecule has 3 aliphatic heterocycles. The molecule has 1 aromatic heterocycles. The molecular weight excluding hydrogens is 864 g/mol. The number of carbonyl (C=O) groups is 3. The number of alkyl halides is 1. The van der Waals surface area contributed by atoms with Crippen LogP contribution in [0.3, 0.4) is 0 Å². The second-order valence-corrected chi connectivity index (χ2v) is 16.0. The van der Waals surface area contributed by atoms with E-state index in [1.54, 1.807) is 13.0 Å². The number of aromatic nitrogens is 1. The third-order valence-corrected chi connectivity index (χ3v) is 11.0. The molecule has 0 atom stereocenters. The number of hydrogen-bond donors (Lipinski definition) is 3. The fraction of sp³-hybridized carbons (Fsp3) is 0.458. The number of nitrogens with one attached hydrogen (secondary N) is 2. The summed E-state index contributed by atoms with van der Waals surface area (Å²) in [6, 6.07) is 29.0. The third-order valence-electron chi connectivity index (χ3n) is 10.5. The van der Waals surface area contributed by atoms with E-state index in [1.807, 2.05) is 6.92 Å². The lowest BCUT2D eigenvalue weighted by Gasteiger charge is -2.35. The molecule has 15 heteroatoms. The molecule has 1 amide bonds. The number of carbonyl (C=O) groups excluding carboxylic acids is 3. The van der Waals surface area contributed by atoms with E-state index in [0.717, 1.165) is 78.5 Å². The Kier molecular flexibility index (Phi) is 22.2. The highest BCUT2D eigenvalue weighted by molar-refractivity contribution is 9.09. The molecule has 3 fully saturated rings. The second-order valence-electron chi connectivity index (χ2n) is 15.5. The van der Waals surface area contributed by atoms with Crippen molar-refractivity contribution in [3.63, 3.8) is 0 Å². The minimum absolute atomic E-state index is 0.0835. The predicted molar refractivity (Wildman–Crippen MR) is 258 cm³/mol. The largest absolute Gasteiger partial charge is 0.506 e. The fourth-order valence-electron chi connectivity index (χ4n) is 6.95.